The summed E-state index contributed by atoms with van der Waals surface area (Å²) >= 11 is 0. The van der Waals surface area contributed by atoms with Crippen LogP contribution in [0.15, 0.2) is 23.3 Å². The lowest BCUT2D eigenvalue weighted by Crippen LogP contribution is -2.12. The molecular weight excluding hydrogens is 160 g/mol. The Morgan fingerprint density at radius 2 is 2.00 bits per heavy atom. The summed E-state index contributed by atoms with van der Waals surface area (Å²) in [5, 5.41) is 0. The summed E-state index contributed by atoms with van der Waals surface area (Å²) in [6.45, 7) is 4.94. The van der Waals surface area contributed by atoms with Crippen LogP contribution in [0.4, 0.5) is 0 Å². The monoisotopic (exact) mass is 178 g/mol. The Labute approximate surface area is 77.0 Å². The van der Waals surface area contributed by atoms with Gasteiger partial charge in [-0.2, -0.15) is 0 Å². The molecule has 0 amide bonds. The molecule has 0 nitrogen and oxygen atoms in total. The molecule has 12 heavy (non-hydrogen) atoms. The first-order chi connectivity index (χ1) is 5.79. The second-order valence-corrected chi connectivity index (χ2v) is 7.59. The van der Waals surface area contributed by atoms with Crippen LogP contribution in [0.25, 0.3) is 0 Å². The average molecular weight is 178 g/mol. The lowest BCUT2D eigenvalue weighted by molar-refractivity contribution is 0.679. The first kappa shape index (κ1) is 8.30. The molecule has 0 spiro atoms. The molecule has 2 rings (SSSR count). The lowest BCUT2D eigenvalue weighted by atomic mass is 9.94. The van der Waals surface area contributed by atoms with Gasteiger partial charge >= 0.3 is 0 Å². The van der Waals surface area contributed by atoms with Gasteiger partial charge in [-0.05, 0) is 36.8 Å². The van der Waals surface area contributed by atoms with Crippen molar-refractivity contribution in [1.29, 1.82) is 0 Å². The van der Waals surface area contributed by atoms with Gasteiger partial charge in [-0.3, -0.25) is 0 Å². The van der Waals surface area contributed by atoms with Crippen molar-refractivity contribution in [1.82, 2.24) is 0 Å². The van der Waals surface area contributed by atoms with Crippen LogP contribution in [0.3, 0.4) is 0 Å². The Morgan fingerprint density at radius 3 is 2.75 bits per heavy atom. The highest BCUT2D eigenvalue weighted by atomic mass is 28.3. The summed E-state index contributed by atoms with van der Waals surface area (Å²) in [7, 11) is -0.462. The molecule has 0 aromatic carbocycles. The average Bonchev–Trinajstić information content (AvgIpc) is 2.47. The molecule has 1 unspecified atom stereocenters. The van der Waals surface area contributed by atoms with Crippen LogP contribution >= 0.6 is 0 Å². The van der Waals surface area contributed by atoms with Crippen LogP contribution in [0, 0.1) is 0 Å². The zero-order valence-electron chi connectivity index (χ0n) is 8.14. The van der Waals surface area contributed by atoms with E-state index in [0.29, 0.717) is 0 Å². The third kappa shape index (κ3) is 1.31. The Hall–Kier alpha value is -0.303. The minimum atomic E-state index is -0.462. The van der Waals surface area contributed by atoms with Gasteiger partial charge in [-0.1, -0.05) is 30.8 Å². The van der Waals surface area contributed by atoms with E-state index < -0.39 is 8.80 Å². The zero-order valence-corrected chi connectivity index (χ0v) is 9.29. The predicted molar refractivity (Wildman–Crippen MR) is 57.3 cm³/mol. The smallest absolute Gasteiger partial charge is 0.0431 e. The lowest BCUT2D eigenvalue weighted by Gasteiger charge is -2.21. The van der Waals surface area contributed by atoms with Crippen molar-refractivity contribution in [3.8, 4) is 0 Å². The van der Waals surface area contributed by atoms with Gasteiger partial charge in [0.05, 0.1) is 0 Å². The Kier molecular flexibility index (Phi) is 2.22. The van der Waals surface area contributed by atoms with Crippen molar-refractivity contribution in [2.24, 2.45) is 0 Å². The summed E-state index contributed by atoms with van der Waals surface area (Å²) in [4.78, 5) is 0. The van der Waals surface area contributed by atoms with Crippen LogP contribution in [0.5, 0.6) is 0 Å². The van der Waals surface area contributed by atoms with Gasteiger partial charge in [-0.15, -0.1) is 0 Å². The molecule has 0 N–H and O–H groups in total. The van der Waals surface area contributed by atoms with E-state index in [1.165, 1.54) is 25.7 Å². The van der Waals surface area contributed by atoms with E-state index in [4.69, 9.17) is 0 Å². The summed E-state index contributed by atoms with van der Waals surface area (Å²) in [5.41, 5.74) is 4.44. The van der Waals surface area contributed by atoms with Gasteiger partial charge in [0.2, 0.25) is 0 Å². The topological polar surface area (TPSA) is 0 Å². The molecule has 2 aliphatic carbocycles. The number of allylic oxidation sites excluding steroid dienone is 4. The maximum Gasteiger partial charge on any atom is 0.0431 e. The minimum absolute atomic E-state index is 0.462. The molecule has 0 saturated carbocycles. The van der Waals surface area contributed by atoms with Crippen LogP contribution < -0.4 is 0 Å². The summed E-state index contributed by atoms with van der Waals surface area (Å²) < 4.78 is 0. The van der Waals surface area contributed by atoms with Crippen LogP contribution in [0.2, 0.25) is 18.6 Å². The van der Waals surface area contributed by atoms with Crippen molar-refractivity contribution in [2.75, 3.05) is 0 Å². The maximum atomic E-state index is 2.48. The molecule has 0 saturated heterocycles. The Morgan fingerprint density at radius 1 is 1.25 bits per heavy atom. The van der Waals surface area contributed by atoms with Crippen LogP contribution in [-0.2, 0) is 0 Å². The zero-order chi connectivity index (χ0) is 8.55. The molecule has 0 aromatic rings. The van der Waals surface area contributed by atoms with Gasteiger partial charge in [0.1, 0.15) is 0 Å². The highest BCUT2D eigenvalue weighted by molar-refractivity contribution is 6.59. The van der Waals surface area contributed by atoms with E-state index in [-0.39, 0.29) is 0 Å². The van der Waals surface area contributed by atoms with Crippen molar-refractivity contribution < 1.29 is 0 Å². The Balaban J connectivity index is 2.21. The molecular formula is C11H18Si. The molecule has 0 heterocycles. The standard InChI is InChI=1S/C11H18Si/c1-12(2)11-8-7-9-5-3-4-6-10(9)11/h7-8,11-12H,3-6H2,1-2H3. The third-order valence-electron chi connectivity index (χ3n) is 3.18. The SMILES string of the molecule is C[SiH](C)C1C=CC2=C1CCCC2. The van der Waals surface area contributed by atoms with Crippen molar-refractivity contribution >= 4 is 8.80 Å². The van der Waals surface area contributed by atoms with Gasteiger partial charge in [0, 0.05) is 8.80 Å². The highest BCUT2D eigenvalue weighted by Crippen LogP contribution is 2.40. The van der Waals surface area contributed by atoms with Gasteiger partial charge in [0.25, 0.3) is 0 Å². The molecule has 2 aliphatic rings. The van der Waals surface area contributed by atoms with E-state index in [9.17, 15) is 0 Å². The molecule has 1 atom stereocenters. The molecule has 0 radical (unpaired) electrons. The minimum Gasteiger partial charge on any atom is -0.0801 e. The van der Waals surface area contributed by atoms with E-state index in [1.807, 2.05) is 5.57 Å². The summed E-state index contributed by atoms with van der Waals surface area (Å²) in [6.07, 6.45) is 10.5. The van der Waals surface area contributed by atoms with Crippen molar-refractivity contribution in [3.05, 3.63) is 23.3 Å². The van der Waals surface area contributed by atoms with E-state index in [1.54, 1.807) is 5.57 Å². The third-order valence-corrected chi connectivity index (χ3v) is 5.24. The maximum absolute atomic E-state index is 2.48. The largest absolute Gasteiger partial charge is 0.0801 e. The van der Waals surface area contributed by atoms with E-state index in [2.05, 4.69) is 25.2 Å². The second kappa shape index (κ2) is 3.21. The van der Waals surface area contributed by atoms with Gasteiger partial charge in [-0.25, -0.2) is 0 Å². The number of hydrogen-bond acceptors (Lipinski definition) is 0. The first-order valence-electron chi connectivity index (χ1n) is 5.19. The predicted octanol–water partition coefficient (Wildman–Crippen LogP) is 3.28. The van der Waals surface area contributed by atoms with Crippen molar-refractivity contribution in [2.45, 2.75) is 44.3 Å². The van der Waals surface area contributed by atoms with Gasteiger partial charge < -0.3 is 0 Å². The first-order valence-corrected chi connectivity index (χ1v) is 8.17. The van der Waals surface area contributed by atoms with E-state index >= 15 is 0 Å². The fourth-order valence-corrected chi connectivity index (χ4v) is 4.22. The van der Waals surface area contributed by atoms with E-state index in [0.717, 1.165) is 5.54 Å². The number of hydrogen-bond donors (Lipinski definition) is 0. The highest BCUT2D eigenvalue weighted by Gasteiger charge is 2.24. The van der Waals surface area contributed by atoms with Gasteiger partial charge in [0.15, 0.2) is 0 Å². The fraction of sp³-hybridized carbons (Fsp3) is 0.636. The molecule has 0 bridgehead atoms. The molecule has 66 valence electrons. The quantitative estimate of drug-likeness (QED) is 0.541. The Bertz CT molecular complexity index is 235. The normalized spacial score (nSPS) is 28.4. The molecule has 0 fully saturated rings. The second-order valence-electron chi connectivity index (χ2n) is 4.39. The molecule has 0 aliphatic heterocycles. The summed E-state index contributed by atoms with van der Waals surface area (Å²) in [6, 6.07) is 0. The van der Waals surface area contributed by atoms with Crippen LogP contribution in [0.1, 0.15) is 25.7 Å². The fourth-order valence-electron chi connectivity index (χ4n) is 2.48. The van der Waals surface area contributed by atoms with Crippen molar-refractivity contribution in [3.63, 3.8) is 0 Å². The number of rotatable bonds is 1. The van der Waals surface area contributed by atoms with Crippen LogP contribution in [-0.4, -0.2) is 8.80 Å². The molecule has 0 aromatic heterocycles. The summed E-state index contributed by atoms with van der Waals surface area (Å²) in [5.74, 6) is 0. The molecule has 1 heteroatoms.